The molecule has 1 amide bonds. The van der Waals surface area contributed by atoms with Crippen LogP contribution in [-0.4, -0.2) is 54.3 Å². The fourth-order valence-corrected chi connectivity index (χ4v) is 3.22. The Morgan fingerprint density at radius 1 is 1.00 bits per heavy atom. The van der Waals surface area contributed by atoms with Crippen LogP contribution in [0, 0.1) is 0 Å². The number of hydrogen-bond donors (Lipinski definition) is 3. The van der Waals surface area contributed by atoms with Gasteiger partial charge in [0.15, 0.2) is 0 Å². The van der Waals surface area contributed by atoms with E-state index in [4.69, 9.17) is 4.74 Å². The molecule has 0 radical (unpaired) electrons. The van der Waals surface area contributed by atoms with E-state index in [1.54, 1.807) is 6.92 Å². The summed E-state index contributed by atoms with van der Waals surface area (Å²) in [6, 6.07) is 0. The van der Waals surface area contributed by atoms with Crippen LogP contribution in [0.2, 0.25) is 0 Å². The molecule has 0 bridgehead atoms. The number of aliphatic hydroxyl groups excluding tert-OH is 1. The first-order valence-electron chi connectivity index (χ1n) is 11.2. The molecule has 182 valence electrons. The number of carbonyl (C=O) groups is 2. The van der Waals surface area contributed by atoms with Gasteiger partial charge >= 0.3 is 13.8 Å². The second-order valence-corrected chi connectivity index (χ2v) is 8.66. The first-order chi connectivity index (χ1) is 14.8. The number of unbranched alkanes of at least 4 members (excludes halogenated alkanes) is 6. The minimum absolute atomic E-state index is 0.0662. The summed E-state index contributed by atoms with van der Waals surface area (Å²) in [5.74, 6) is -0.624. The highest BCUT2D eigenvalue weighted by Gasteiger charge is 2.23. The zero-order valence-electron chi connectivity index (χ0n) is 18.9. The maximum Gasteiger partial charge on any atom is 0.472 e. The van der Waals surface area contributed by atoms with Crippen molar-refractivity contribution in [3.05, 3.63) is 12.2 Å². The maximum atomic E-state index is 11.7. The molecule has 31 heavy (non-hydrogen) atoms. The smallest absolute Gasteiger partial charge is 0.463 e. The van der Waals surface area contributed by atoms with Crippen LogP contribution in [-0.2, 0) is 27.9 Å². The Morgan fingerprint density at radius 3 is 2.39 bits per heavy atom. The Kier molecular flexibility index (Phi) is 18.7. The van der Waals surface area contributed by atoms with Gasteiger partial charge in [-0.2, -0.15) is 0 Å². The van der Waals surface area contributed by atoms with Crippen LogP contribution in [0.3, 0.4) is 0 Å². The van der Waals surface area contributed by atoms with Gasteiger partial charge in [-0.3, -0.25) is 18.6 Å². The largest absolute Gasteiger partial charge is 0.472 e. The molecule has 0 aromatic carbocycles. The molecule has 0 heterocycles. The van der Waals surface area contributed by atoms with Crippen LogP contribution in [0.15, 0.2) is 12.2 Å². The highest BCUT2D eigenvalue weighted by atomic mass is 31.2. The molecule has 0 saturated carbocycles. The molecule has 0 aliphatic heterocycles. The van der Waals surface area contributed by atoms with Crippen molar-refractivity contribution in [2.24, 2.45) is 0 Å². The number of allylic oxidation sites excluding steroid dienone is 2. The molecule has 3 N–H and O–H groups in total. The molecule has 0 aliphatic rings. The molecule has 10 heteroatoms. The van der Waals surface area contributed by atoms with Crippen molar-refractivity contribution in [2.45, 2.75) is 84.2 Å². The third kappa shape index (κ3) is 20.4. The predicted molar refractivity (Wildman–Crippen MR) is 118 cm³/mol. The average molecular weight is 466 g/mol. The SMILES string of the molecule is CCC/C=C\CCCCCCCC(=O)OCC(O)COP(=O)(O)OCCNC(=O)CC. The Morgan fingerprint density at radius 2 is 1.68 bits per heavy atom. The van der Waals surface area contributed by atoms with Gasteiger partial charge in [-0.25, -0.2) is 4.57 Å². The first-order valence-corrected chi connectivity index (χ1v) is 12.7. The van der Waals surface area contributed by atoms with Gasteiger partial charge in [0, 0.05) is 19.4 Å². The monoisotopic (exact) mass is 465 g/mol. The summed E-state index contributed by atoms with van der Waals surface area (Å²) >= 11 is 0. The molecule has 0 aromatic heterocycles. The Labute approximate surface area is 186 Å². The summed E-state index contributed by atoms with van der Waals surface area (Å²) in [6.45, 7) is 2.86. The topological polar surface area (TPSA) is 131 Å². The maximum absolute atomic E-state index is 11.7. The highest BCUT2D eigenvalue weighted by Crippen LogP contribution is 2.42. The first kappa shape index (κ1) is 29.8. The van der Waals surface area contributed by atoms with E-state index in [0.29, 0.717) is 6.42 Å². The second kappa shape index (κ2) is 19.4. The van der Waals surface area contributed by atoms with Crippen molar-refractivity contribution in [1.29, 1.82) is 0 Å². The number of nitrogens with one attached hydrogen (secondary N) is 1. The quantitative estimate of drug-likeness (QED) is 0.107. The Hall–Kier alpha value is -1.25. The number of carbonyl (C=O) groups excluding carboxylic acids is 2. The summed E-state index contributed by atoms with van der Waals surface area (Å²) in [6.07, 6.45) is 12.2. The van der Waals surface area contributed by atoms with E-state index in [9.17, 15) is 24.2 Å². The lowest BCUT2D eigenvalue weighted by molar-refractivity contribution is -0.147. The lowest BCUT2D eigenvalue weighted by Gasteiger charge is -2.15. The van der Waals surface area contributed by atoms with Gasteiger partial charge in [0.2, 0.25) is 5.91 Å². The van der Waals surface area contributed by atoms with Crippen molar-refractivity contribution in [3.63, 3.8) is 0 Å². The number of ether oxygens (including phenoxy) is 1. The molecule has 0 spiro atoms. The lowest BCUT2D eigenvalue weighted by atomic mass is 10.1. The van der Waals surface area contributed by atoms with E-state index >= 15 is 0 Å². The summed E-state index contributed by atoms with van der Waals surface area (Å²) < 4.78 is 25.9. The van der Waals surface area contributed by atoms with Crippen molar-refractivity contribution in [3.8, 4) is 0 Å². The molecular weight excluding hydrogens is 425 g/mol. The van der Waals surface area contributed by atoms with Crippen LogP contribution in [0.4, 0.5) is 0 Å². The van der Waals surface area contributed by atoms with E-state index in [-0.39, 0.29) is 32.1 Å². The normalized spacial score (nSPS) is 14.3. The van der Waals surface area contributed by atoms with Crippen molar-refractivity contribution < 1.29 is 37.9 Å². The van der Waals surface area contributed by atoms with Crippen molar-refractivity contribution in [1.82, 2.24) is 5.32 Å². The molecule has 0 aromatic rings. The zero-order valence-corrected chi connectivity index (χ0v) is 19.8. The van der Waals surface area contributed by atoms with Crippen LogP contribution in [0.1, 0.15) is 78.1 Å². The number of aliphatic hydroxyl groups is 1. The predicted octanol–water partition coefficient (Wildman–Crippen LogP) is 3.64. The number of phosphoric acid groups is 1. The fourth-order valence-electron chi connectivity index (χ4n) is 2.47. The van der Waals surface area contributed by atoms with E-state index in [1.165, 1.54) is 6.42 Å². The number of rotatable bonds is 20. The number of phosphoric ester groups is 1. The van der Waals surface area contributed by atoms with E-state index in [0.717, 1.165) is 44.9 Å². The number of amides is 1. The standard InChI is InChI=1S/C21H40NO8P/c1-3-5-6-7-8-9-10-11-12-13-14-21(25)28-17-19(23)18-30-31(26,27)29-16-15-22-20(24)4-2/h6-7,19,23H,3-5,8-18H2,1-2H3,(H,22,24)(H,26,27)/b7-6-. The van der Waals surface area contributed by atoms with E-state index in [1.807, 2.05) is 0 Å². The third-order valence-electron chi connectivity index (χ3n) is 4.24. The minimum atomic E-state index is -4.36. The van der Waals surface area contributed by atoms with E-state index < -0.39 is 26.5 Å². The van der Waals surface area contributed by atoms with Crippen LogP contribution < -0.4 is 5.32 Å². The summed E-state index contributed by atoms with van der Waals surface area (Å²) in [5.41, 5.74) is 0. The summed E-state index contributed by atoms with van der Waals surface area (Å²) in [5, 5.41) is 12.2. The molecule has 0 aliphatic carbocycles. The van der Waals surface area contributed by atoms with Gasteiger partial charge in [-0.15, -0.1) is 0 Å². The Bertz CT molecular complexity index is 555. The molecule has 2 unspecified atom stereocenters. The van der Waals surface area contributed by atoms with Gasteiger partial charge in [0.05, 0.1) is 13.2 Å². The average Bonchev–Trinajstić information content (AvgIpc) is 2.75. The zero-order chi connectivity index (χ0) is 23.4. The molecule has 2 atom stereocenters. The molecule has 0 rings (SSSR count). The molecule has 0 saturated heterocycles. The van der Waals surface area contributed by atoms with Gasteiger partial charge in [-0.1, -0.05) is 51.7 Å². The van der Waals surface area contributed by atoms with Gasteiger partial charge in [0.25, 0.3) is 0 Å². The van der Waals surface area contributed by atoms with Gasteiger partial charge in [-0.05, 0) is 25.7 Å². The fraction of sp³-hybridized carbons (Fsp3) is 0.810. The summed E-state index contributed by atoms with van der Waals surface area (Å²) in [7, 11) is -4.36. The second-order valence-electron chi connectivity index (χ2n) is 7.20. The third-order valence-corrected chi connectivity index (χ3v) is 5.22. The molecule has 0 fully saturated rings. The van der Waals surface area contributed by atoms with Crippen LogP contribution >= 0.6 is 7.82 Å². The van der Waals surface area contributed by atoms with Crippen molar-refractivity contribution >= 4 is 19.7 Å². The van der Waals surface area contributed by atoms with E-state index in [2.05, 4.69) is 33.4 Å². The van der Waals surface area contributed by atoms with Crippen LogP contribution in [0.5, 0.6) is 0 Å². The minimum Gasteiger partial charge on any atom is -0.463 e. The van der Waals surface area contributed by atoms with Crippen molar-refractivity contribution in [2.75, 3.05) is 26.4 Å². The summed E-state index contributed by atoms with van der Waals surface area (Å²) in [4.78, 5) is 32.2. The molecule has 9 nitrogen and oxygen atoms in total. The lowest BCUT2D eigenvalue weighted by Crippen LogP contribution is -2.26. The highest BCUT2D eigenvalue weighted by molar-refractivity contribution is 7.47. The number of esters is 1. The number of hydrogen-bond acceptors (Lipinski definition) is 7. The van der Waals surface area contributed by atoms with Gasteiger partial charge in [0.1, 0.15) is 12.7 Å². The van der Waals surface area contributed by atoms with Crippen LogP contribution in [0.25, 0.3) is 0 Å². The van der Waals surface area contributed by atoms with Gasteiger partial charge < -0.3 is 20.1 Å². The Balaban J connectivity index is 3.69. The molecular formula is C21H40NO8P.